The lowest BCUT2D eigenvalue weighted by Gasteiger charge is -2.15. The van der Waals surface area contributed by atoms with Crippen molar-refractivity contribution >= 4 is 17.7 Å². The monoisotopic (exact) mass is 239 g/mol. The van der Waals surface area contributed by atoms with E-state index < -0.39 is 0 Å². The molecule has 16 heavy (non-hydrogen) atoms. The maximum absolute atomic E-state index is 11.9. The second-order valence-corrected chi connectivity index (χ2v) is 4.31. The van der Waals surface area contributed by atoms with Gasteiger partial charge in [0.05, 0.1) is 18.2 Å². The summed E-state index contributed by atoms with van der Waals surface area (Å²) in [6.07, 6.45) is 2.67. The van der Waals surface area contributed by atoms with Crippen molar-refractivity contribution in [3.63, 3.8) is 0 Å². The molecule has 1 atom stereocenters. The molecule has 1 amide bonds. The number of benzene rings is 1. The fourth-order valence-electron chi connectivity index (χ4n) is 1.37. The Balaban J connectivity index is 2.79. The van der Waals surface area contributed by atoms with Crippen molar-refractivity contribution in [1.82, 2.24) is 5.32 Å². The Morgan fingerprint density at radius 3 is 2.75 bits per heavy atom. The third-order valence-electron chi connectivity index (χ3n) is 2.40. The molecule has 0 saturated heterocycles. The molecule has 0 saturated carbocycles. The molecule has 0 aliphatic rings. The number of amides is 1. The van der Waals surface area contributed by atoms with Crippen molar-refractivity contribution < 1.29 is 9.90 Å². The van der Waals surface area contributed by atoms with Crippen LogP contribution in [0.5, 0.6) is 0 Å². The third-order valence-corrected chi connectivity index (χ3v) is 3.20. The largest absolute Gasteiger partial charge is 0.394 e. The van der Waals surface area contributed by atoms with Gasteiger partial charge in [0, 0.05) is 4.90 Å². The van der Waals surface area contributed by atoms with Crippen molar-refractivity contribution in [2.45, 2.75) is 24.3 Å². The average molecular weight is 239 g/mol. The Morgan fingerprint density at radius 1 is 1.50 bits per heavy atom. The minimum Gasteiger partial charge on any atom is -0.394 e. The van der Waals surface area contributed by atoms with Gasteiger partial charge in [-0.25, -0.2) is 0 Å². The van der Waals surface area contributed by atoms with Crippen molar-refractivity contribution in [3.8, 4) is 0 Å². The molecule has 3 nitrogen and oxygen atoms in total. The fraction of sp³-hybridized carbons (Fsp3) is 0.417. The van der Waals surface area contributed by atoms with Crippen LogP contribution in [0.15, 0.2) is 29.2 Å². The highest BCUT2D eigenvalue weighted by molar-refractivity contribution is 7.98. The number of aliphatic hydroxyl groups excluding tert-OH is 1. The normalized spacial score (nSPS) is 12.2. The summed E-state index contributed by atoms with van der Waals surface area (Å²) in [4.78, 5) is 12.9. The van der Waals surface area contributed by atoms with E-state index in [4.69, 9.17) is 5.11 Å². The van der Waals surface area contributed by atoms with Crippen LogP contribution >= 0.6 is 11.8 Å². The molecule has 0 aromatic heterocycles. The van der Waals surface area contributed by atoms with E-state index >= 15 is 0 Å². The number of rotatable bonds is 5. The molecular formula is C12H17NO2S. The van der Waals surface area contributed by atoms with Gasteiger partial charge in [0.25, 0.3) is 5.91 Å². The number of carbonyl (C=O) groups is 1. The summed E-state index contributed by atoms with van der Waals surface area (Å²) in [5, 5.41) is 11.8. The number of thioether (sulfide) groups is 1. The van der Waals surface area contributed by atoms with E-state index in [9.17, 15) is 4.79 Å². The lowest BCUT2D eigenvalue weighted by molar-refractivity contribution is 0.0912. The standard InChI is InChI=1S/C12H17NO2S/c1-3-9(8-14)13-12(15)10-6-4-5-7-11(10)16-2/h4-7,9,14H,3,8H2,1-2H3,(H,13,15)/t9-/m0/s1. The summed E-state index contributed by atoms with van der Waals surface area (Å²) in [7, 11) is 0. The molecule has 0 unspecified atom stereocenters. The Bertz CT molecular complexity index is 351. The first kappa shape index (κ1) is 13.1. The van der Waals surface area contributed by atoms with E-state index in [2.05, 4.69) is 5.32 Å². The highest BCUT2D eigenvalue weighted by Gasteiger charge is 2.13. The molecule has 0 heterocycles. The van der Waals surface area contributed by atoms with E-state index in [1.165, 1.54) is 0 Å². The van der Waals surface area contributed by atoms with Crippen LogP contribution in [0.2, 0.25) is 0 Å². The molecular weight excluding hydrogens is 222 g/mol. The van der Waals surface area contributed by atoms with Crippen molar-refractivity contribution in [2.24, 2.45) is 0 Å². The SMILES string of the molecule is CC[C@@H](CO)NC(=O)c1ccccc1SC. The van der Waals surface area contributed by atoms with Gasteiger partial charge in [-0.2, -0.15) is 0 Å². The van der Waals surface area contributed by atoms with Crippen molar-refractivity contribution in [3.05, 3.63) is 29.8 Å². The van der Waals surface area contributed by atoms with Gasteiger partial charge in [-0.15, -0.1) is 11.8 Å². The van der Waals surface area contributed by atoms with E-state index in [0.717, 1.165) is 11.3 Å². The van der Waals surface area contributed by atoms with Gasteiger partial charge >= 0.3 is 0 Å². The molecule has 0 fully saturated rings. The summed E-state index contributed by atoms with van der Waals surface area (Å²) in [5.41, 5.74) is 0.668. The average Bonchev–Trinajstić information content (AvgIpc) is 2.35. The number of hydrogen-bond donors (Lipinski definition) is 2. The molecule has 0 radical (unpaired) electrons. The Labute approximate surface area is 100 Å². The van der Waals surface area contributed by atoms with E-state index in [-0.39, 0.29) is 18.6 Å². The number of nitrogens with one attached hydrogen (secondary N) is 1. The van der Waals surface area contributed by atoms with Gasteiger partial charge < -0.3 is 10.4 Å². The van der Waals surface area contributed by atoms with E-state index in [1.54, 1.807) is 17.8 Å². The molecule has 0 aliphatic carbocycles. The Hall–Kier alpha value is -1.00. The zero-order chi connectivity index (χ0) is 12.0. The van der Waals surface area contributed by atoms with Crippen LogP contribution in [0.4, 0.5) is 0 Å². The molecule has 1 aromatic carbocycles. The second kappa shape index (κ2) is 6.55. The molecule has 0 bridgehead atoms. The molecule has 1 aromatic rings. The summed E-state index contributed by atoms with van der Waals surface area (Å²) >= 11 is 1.54. The van der Waals surface area contributed by atoms with Crippen LogP contribution in [0.25, 0.3) is 0 Å². The molecule has 0 aliphatic heterocycles. The molecule has 4 heteroatoms. The van der Waals surface area contributed by atoms with Crippen LogP contribution in [0.3, 0.4) is 0 Å². The topological polar surface area (TPSA) is 49.3 Å². The van der Waals surface area contributed by atoms with Gasteiger partial charge in [-0.05, 0) is 24.8 Å². The number of aliphatic hydroxyl groups is 1. The molecule has 88 valence electrons. The minimum absolute atomic E-state index is 0.0241. The zero-order valence-corrected chi connectivity index (χ0v) is 10.4. The van der Waals surface area contributed by atoms with Gasteiger partial charge in [0.2, 0.25) is 0 Å². The van der Waals surface area contributed by atoms with Crippen LogP contribution < -0.4 is 5.32 Å². The van der Waals surface area contributed by atoms with Gasteiger partial charge in [-0.3, -0.25) is 4.79 Å². The lowest BCUT2D eigenvalue weighted by atomic mass is 10.2. The summed E-state index contributed by atoms with van der Waals surface area (Å²) in [5.74, 6) is -0.120. The van der Waals surface area contributed by atoms with Crippen LogP contribution in [-0.4, -0.2) is 29.9 Å². The van der Waals surface area contributed by atoms with Crippen molar-refractivity contribution in [1.29, 1.82) is 0 Å². The predicted molar refractivity (Wildman–Crippen MR) is 66.9 cm³/mol. The highest BCUT2D eigenvalue weighted by atomic mass is 32.2. The van der Waals surface area contributed by atoms with Gasteiger partial charge in [0.15, 0.2) is 0 Å². The maximum atomic E-state index is 11.9. The van der Waals surface area contributed by atoms with Crippen molar-refractivity contribution in [2.75, 3.05) is 12.9 Å². The first-order valence-corrected chi connectivity index (χ1v) is 6.50. The quantitative estimate of drug-likeness (QED) is 0.772. The summed E-state index contributed by atoms with van der Waals surface area (Å²) in [6, 6.07) is 7.30. The molecule has 2 N–H and O–H groups in total. The van der Waals surface area contributed by atoms with Gasteiger partial charge in [-0.1, -0.05) is 19.1 Å². The highest BCUT2D eigenvalue weighted by Crippen LogP contribution is 2.19. The number of hydrogen-bond acceptors (Lipinski definition) is 3. The van der Waals surface area contributed by atoms with Gasteiger partial charge in [0.1, 0.15) is 0 Å². The zero-order valence-electron chi connectivity index (χ0n) is 9.56. The number of carbonyl (C=O) groups excluding carboxylic acids is 1. The van der Waals surface area contributed by atoms with Crippen LogP contribution in [0, 0.1) is 0 Å². The Morgan fingerprint density at radius 2 is 2.19 bits per heavy atom. The predicted octanol–water partition coefficient (Wildman–Crippen LogP) is 1.91. The fourth-order valence-corrected chi connectivity index (χ4v) is 1.97. The Kier molecular flexibility index (Phi) is 5.35. The second-order valence-electron chi connectivity index (χ2n) is 3.46. The lowest BCUT2D eigenvalue weighted by Crippen LogP contribution is -2.37. The first-order valence-electron chi connectivity index (χ1n) is 5.27. The third kappa shape index (κ3) is 3.25. The van der Waals surface area contributed by atoms with E-state index in [0.29, 0.717) is 5.56 Å². The molecule has 0 spiro atoms. The molecule has 1 rings (SSSR count). The minimum atomic E-state index is -0.164. The van der Waals surface area contributed by atoms with Crippen LogP contribution in [-0.2, 0) is 0 Å². The van der Waals surface area contributed by atoms with Crippen LogP contribution in [0.1, 0.15) is 23.7 Å². The first-order chi connectivity index (χ1) is 7.72. The van der Waals surface area contributed by atoms with E-state index in [1.807, 2.05) is 31.4 Å². The summed E-state index contributed by atoms with van der Waals surface area (Å²) in [6.45, 7) is 1.91. The maximum Gasteiger partial charge on any atom is 0.252 e. The smallest absolute Gasteiger partial charge is 0.252 e. The summed E-state index contributed by atoms with van der Waals surface area (Å²) < 4.78 is 0.